The van der Waals surface area contributed by atoms with Crippen LogP contribution in [0.5, 0.6) is 0 Å². The molecule has 5 nitrogen and oxygen atoms in total. The molecule has 4 rings (SSSR count). The van der Waals surface area contributed by atoms with Crippen molar-refractivity contribution in [2.24, 2.45) is 0 Å². The van der Waals surface area contributed by atoms with Crippen LogP contribution in [0, 0.1) is 0 Å². The molecule has 2 saturated heterocycles. The van der Waals surface area contributed by atoms with E-state index in [1.165, 1.54) is 17.8 Å². The van der Waals surface area contributed by atoms with Crippen LogP contribution in [0.2, 0.25) is 5.02 Å². The van der Waals surface area contributed by atoms with Gasteiger partial charge in [-0.15, -0.1) is 11.8 Å². The van der Waals surface area contributed by atoms with Crippen molar-refractivity contribution in [3.63, 3.8) is 0 Å². The van der Waals surface area contributed by atoms with Crippen molar-refractivity contribution < 1.29 is 22.8 Å². The number of carbonyl (C=O) groups is 2. The number of amides is 2. The van der Waals surface area contributed by atoms with Crippen LogP contribution in [0.1, 0.15) is 33.8 Å². The summed E-state index contributed by atoms with van der Waals surface area (Å²) in [5.74, 6) is -0.172. The first-order valence-corrected chi connectivity index (χ1v) is 12.4. The summed E-state index contributed by atoms with van der Waals surface area (Å²) in [6, 6.07) is 12.2. The lowest BCUT2D eigenvalue weighted by Crippen LogP contribution is -2.50. The number of hydrogen-bond acceptors (Lipinski definition) is 4. The summed E-state index contributed by atoms with van der Waals surface area (Å²) in [5.41, 5.74) is 0.250. The minimum atomic E-state index is -4.43. The second kappa shape index (κ2) is 10.2. The molecule has 2 aromatic carbocycles. The zero-order valence-electron chi connectivity index (χ0n) is 18.6. The molecule has 2 heterocycles. The summed E-state index contributed by atoms with van der Waals surface area (Å²) >= 11 is 7.52. The van der Waals surface area contributed by atoms with Gasteiger partial charge in [0.25, 0.3) is 5.91 Å². The molecule has 2 aliphatic heterocycles. The Morgan fingerprint density at radius 2 is 1.76 bits per heavy atom. The highest BCUT2D eigenvalue weighted by Gasteiger charge is 2.40. The average molecular weight is 512 g/mol. The van der Waals surface area contributed by atoms with Gasteiger partial charge in [-0.25, -0.2) is 0 Å². The maximum absolute atomic E-state index is 13.2. The second-order valence-electron chi connectivity index (χ2n) is 8.40. The van der Waals surface area contributed by atoms with E-state index in [0.717, 1.165) is 12.1 Å². The number of benzene rings is 2. The monoisotopic (exact) mass is 511 g/mol. The van der Waals surface area contributed by atoms with Crippen LogP contribution in [0.3, 0.4) is 0 Å². The minimum Gasteiger partial charge on any atom is -0.336 e. The predicted octanol–water partition coefficient (Wildman–Crippen LogP) is 4.78. The van der Waals surface area contributed by atoms with Crippen molar-refractivity contribution in [3.05, 3.63) is 70.2 Å². The highest BCUT2D eigenvalue weighted by atomic mass is 35.5. The van der Waals surface area contributed by atoms with Gasteiger partial charge >= 0.3 is 6.18 Å². The maximum atomic E-state index is 13.2. The third kappa shape index (κ3) is 5.37. The number of halogens is 4. The standard InChI is InChI=1S/C24H25ClF3N3O2S/c1-16-21(32)31(23(34-16)17-5-4-6-18(15-17)24(26,27)28)14-11-29-9-12-30(13-10-29)22(33)19-7-2-3-8-20(19)25/h2-8,15-16,23H,9-14H2,1H3. The van der Waals surface area contributed by atoms with Gasteiger partial charge in [0.1, 0.15) is 5.37 Å². The van der Waals surface area contributed by atoms with Gasteiger partial charge in [0.05, 0.1) is 21.4 Å². The summed E-state index contributed by atoms with van der Waals surface area (Å²) in [6.45, 7) is 5.16. The highest BCUT2D eigenvalue weighted by Crippen LogP contribution is 2.44. The van der Waals surface area contributed by atoms with Gasteiger partial charge in [-0.1, -0.05) is 35.9 Å². The molecular formula is C24H25ClF3N3O2S. The SMILES string of the molecule is CC1SC(c2cccc(C(F)(F)F)c2)N(CCN2CCN(C(=O)c3ccccc3Cl)CC2)C1=O. The Labute approximate surface area is 205 Å². The van der Waals surface area contributed by atoms with Crippen molar-refractivity contribution in [3.8, 4) is 0 Å². The number of thioether (sulfide) groups is 1. The zero-order chi connectivity index (χ0) is 24.5. The molecule has 2 aliphatic rings. The Balaban J connectivity index is 1.37. The van der Waals surface area contributed by atoms with Gasteiger partial charge in [-0.2, -0.15) is 13.2 Å². The van der Waals surface area contributed by atoms with E-state index in [1.807, 2.05) is 0 Å². The molecule has 2 fully saturated rings. The van der Waals surface area contributed by atoms with Crippen molar-refractivity contribution >= 4 is 35.2 Å². The van der Waals surface area contributed by atoms with Crippen molar-refractivity contribution in [1.82, 2.24) is 14.7 Å². The fourth-order valence-corrected chi connectivity index (χ4v) is 5.77. The van der Waals surface area contributed by atoms with Crippen molar-refractivity contribution in [2.75, 3.05) is 39.3 Å². The first kappa shape index (κ1) is 24.9. The van der Waals surface area contributed by atoms with E-state index in [2.05, 4.69) is 4.90 Å². The third-order valence-electron chi connectivity index (χ3n) is 6.17. The quantitative estimate of drug-likeness (QED) is 0.579. The fourth-order valence-electron chi connectivity index (χ4n) is 4.26. The second-order valence-corrected chi connectivity index (χ2v) is 10.2. The van der Waals surface area contributed by atoms with Crippen LogP contribution < -0.4 is 0 Å². The zero-order valence-corrected chi connectivity index (χ0v) is 20.2. The number of carbonyl (C=O) groups excluding carboxylic acids is 2. The van der Waals surface area contributed by atoms with Crippen LogP contribution >= 0.6 is 23.4 Å². The summed E-state index contributed by atoms with van der Waals surface area (Å²) in [6.07, 6.45) is -4.43. The van der Waals surface area contributed by atoms with E-state index in [4.69, 9.17) is 11.6 Å². The van der Waals surface area contributed by atoms with Gasteiger partial charge in [-0.05, 0) is 36.8 Å². The number of hydrogen-bond donors (Lipinski definition) is 0. The Morgan fingerprint density at radius 3 is 2.44 bits per heavy atom. The molecule has 2 amide bonds. The molecule has 182 valence electrons. The molecule has 0 bridgehead atoms. The van der Waals surface area contributed by atoms with E-state index in [1.54, 1.807) is 47.1 Å². The fraction of sp³-hybridized carbons (Fsp3) is 0.417. The van der Waals surface area contributed by atoms with E-state index >= 15 is 0 Å². The molecular weight excluding hydrogens is 487 g/mol. The molecule has 0 aromatic heterocycles. The molecule has 34 heavy (non-hydrogen) atoms. The molecule has 2 unspecified atom stereocenters. The third-order valence-corrected chi connectivity index (χ3v) is 7.89. The first-order chi connectivity index (χ1) is 16.1. The van der Waals surface area contributed by atoms with Gasteiger partial charge in [0.2, 0.25) is 5.91 Å². The normalized spacial score (nSPS) is 21.9. The molecule has 0 spiro atoms. The van der Waals surface area contributed by atoms with Crippen molar-refractivity contribution in [2.45, 2.75) is 23.7 Å². The van der Waals surface area contributed by atoms with Crippen LogP contribution in [0.25, 0.3) is 0 Å². The number of rotatable bonds is 5. The molecule has 2 atom stereocenters. The Hall–Kier alpha value is -2.23. The molecule has 0 radical (unpaired) electrons. The largest absolute Gasteiger partial charge is 0.416 e. The van der Waals surface area contributed by atoms with Gasteiger partial charge < -0.3 is 9.80 Å². The average Bonchev–Trinajstić information content (AvgIpc) is 3.11. The van der Waals surface area contributed by atoms with Crippen LogP contribution in [0.15, 0.2) is 48.5 Å². The molecule has 0 saturated carbocycles. The first-order valence-electron chi connectivity index (χ1n) is 11.0. The molecule has 2 aromatic rings. The van der Waals surface area contributed by atoms with E-state index < -0.39 is 17.1 Å². The predicted molar refractivity (Wildman–Crippen MR) is 127 cm³/mol. The van der Waals surface area contributed by atoms with Gasteiger partial charge in [0.15, 0.2) is 0 Å². The summed E-state index contributed by atoms with van der Waals surface area (Å²) in [5, 5.41) is -0.341. The smallest absolute Gasteiger partial charge is 0.336 e. The van der Waals surface area contributed by atoms with Crippen LogP contribution in [-0.4, -0.2) is 71.0 Å². The van der Waals surface area contributed by atoms with Crippen molar-refractivity contribution in [1.29, 1.82) is 0 Å². The lowest BCUT2D eigenvalue weighted by Gasteiger charge is -2.36. The molecule has 10 heteroatoms. The number of piperazine rings is 1. The Morgan fingerprint density at radius 1 is 1.06 bits per heavy atom. The summed E-state index contributed by atoms with van der Waals surface area (Å²) < 4.78 is 39.6. The maximum Gasteiger partial charge on any atom is 0.416 e. The molecule has 0 N–H and O–H groups in total. The Bertz CT molecular complexity index is 1060. The van der Waals surface area contributed by atoms with Gasteiger partial charge in [-0.3, -0.25) is 14.5 Å². The summed E-state index contributed by atoms with van der Waals surface area (Å²) in [7, 11) is 0. The molecule has 0 aliphatic carbocycles. The topological polar surface area (TPSA) is 43.9 Å². The number of nitrogens with zero attached hydrogens (tertiary/aromatic N) is 3. The Kier molecular flexibility index (Phi) is 7.45. The number of alkyl halides is 3. The van der Waals surface area contributed by atoms with E-state index in [9.17, 15) is 22.8 Å². The van der Waals surface area contributed by atoms with Crippen LogP contribution in [0.4, 0.5) is 13.2 Å². The lowest BCUT2D eigenvalue weighted by molar-refractivity contribution is -0.137. The van der Waals surface area contributed by atoms with Crippen LogP contribution in [-0.2, 0) is 11.0 Å². The summed E-state index contributed by atoms with van der Waals surface area (Å²) in [4.78, 5) is 31.1. The van der Waals surface area contributed by atoms with E-state index in [-0.39, 0.29) is 17.1 Å². The van der Waals surface area contributed by atoms with E-state index in [0.29, 0.717) is 55.4 Å². The minimum absolute atomic E-state index is 0.0695. The van der Waals surface area contributed by atoms with Gasteiger partial charge in [0, 0.05) is 39.3 Å². The highest BCUT2D eigenvalue weighted by molar-refractivity contribution is 8.01. The lowest BCUT2D eigenvalue weighted by atomic mass is 10.1.